The molecule has 0 spiro atoms. The van der Waals surface area contributed by atoms with Crippen molar-refractivity contribution in [2.24, 2.45) is 7.05 Å². The lowest BCUT2D eigenvalue weighted by Crippen LogP contribution is -2.29. The van der Waals surface area contributed by atoms with Gasteiger partial charge in [0.1, 0.15) is 17.3 Å². The number of rotatable bonds is 5. The minimum Gasteiger partial charge on any atom is -0.507 e. The minimum atomic E-state index is -0.885. The number of carbonyl (C=O) groups excluding carboxylic acids is 2. The maximum atomic E-state index is 13.5. The van der Waals surface area contributed by atoms with Gasteiger partial charge in [-0.25, -0.2) is 0 Å². The van der Waals surface area contributed by atoms with Crippen molar-refractivity contribution in [2.45, 2.75) is 6.04 Å². The molecule has 1 aliphatic heterocycles. The van der Waals surface area contributed by atoms with Crippen molar-refractivity contribution >= 4 is 45.6 Å². The fraction of sp³-hybridized carbons (Fsp3) is 0.143. The van der Waals surface area contributed by atoms with Gasteiger partial charge in [0.2, 0.25) is 0 Å². The van der Waals surface area contributed by atoms with Gasteiger partial charge in [-0.3, -0.25) is 14.5 Å². The SMILES string of the molecule is COc1cc(OC)c(/C(O)=C2\C(=O)C(=O)N(c3ccccc3)C2c2cn(C)c3ccccc23)cc1Cl. The Bertz CT molecular complexity index is 1540. The van der Waals surface area contributed by atoms with Crippen LogP contribution in [0, 0.1) is 0 Å². The first-order valence-corrected chi connectivity index (χ1v) is 11.6. The summed E-state index contributed by atoms with van der Waals surface area (Å²) in [4.78, 5) is 28.4. The molecule has 0 aliphatic carbocycles. The molecule has 1 fully saturated rings. The van der Waals surface area contributed by atoms with Crippen LogP contribution in [0.1, 0.15) is 17.2 Å². The second kappa shape index (κ2) is 9.09. The van der Waals surface area contributed by atoms with Gasteiger partial charge in [-0.2, -0.15) is 0 Å². The van der Waals surface area contributed by atoms with Gasteiger partial charge >= 0.3 is 0 Å². The second-order valence-electron chi connectivity index (χ2n) is 8.40. The number of benzene rings is 3. The van der Waals surface area contributed by atoms with Gasteiger partial charge < -0.3 is 19.1 Å². The van der Waals surface area contributed by atoms with Crippen molar-refractivity contribution in [1.29, 1.82) is 0 Å². The van der Waals surface area contributed by atoms with Gasteiger partial charge in [0.15, 0.2) is 0 Å². The van der Waals surface area contributed by atoms with E-state index >= 15 is 0 Å². The molecule has 0 bridgehead atoms. The molecule has 0 saturated carbocycles. The van der Waals surface area contributed by atoms with E-state index < -0.39 is 17.7 Å². The van der Waals surface area contributed by atoms with Crippen LogP contribution in [0.4, 0.5) is 5.69 Å². The number of carbonyl (C=O) groups is 2. The molecule has 5 rings (SSSR count). The van der Waals surface area contributed by atoms with Crippen LogP contribution < -0.4 is 14.4 Å². The molecule has 4 aromatic rings. The summed E-state index contributed by atoms with van der Waals surface area (Å²) in [5.41, 5.74) is 2.29. The molecule has 2 heterocycles. The van der Waals surface area contributed by atoms with Crippen molar-refractivity contribution in [1.82, 2.24) is 4.57 Å². The Balaban J connectivity index is 1.82. The lowest BCUT2D eigenvalue weighted by molar-refractivity contribution is -0.132. The van der Waals surface area contributed by atoms with E-state index in [9.17, 15) is 14.7 Å². The Morgan fingerprint density at radius 2 is 1.61 bits per heavy atom. The van der Waals surface area contributed by atoms with Crippen molar-refractivity contribution in [2.75, 3.05) is 19.1 Å². The first-order chi connectivity index (χ1) is 17.4. The zero-order chi connectivity index (χ0) is 25.6. The molecular weight excluding hydrogens is 480 g/mol. The predicted octanol–water partition coefficient (Wildman–Crippen LogP) is 5.48. The smallest absolute Gasteiger partial charge is 0.300 e. The molecule has 36 heavy (non-hydrogen) atoms. The van der Waals surface area contributed by atoms with Crippen LogP contribution in [-0.4, -0.2) is 35.6 Å². The number of hydrogen-bond donors (Lipinski definition) is 1. The van der Waals surface area contributed by atoms with Crippen LogP contribution in [0.3, 0.4) is 0 Å². The summed E-state index contributed by atoms with van der Waals surface area (Å²) in [6.45, 7) is 0. The highest BCUT2D eigenvalue weighted by atomic mass is 35.5. The molecule has 1 aromatic heterocycles. The van der Waals surface area contributed by atoms with E-state index in [4.69, 9.17) is 21.1 Å². The monoisotopic (exact) mass is 502 g/mol. The Morgan fingerprint density at radius 3 is 2.31 bits per heavy atom. The Morgan fingerprint density at radius 1 is 0.944 bits per heavy atom. The largest absolute Gasteiger partial charge is 0.507 e. The number of nitrogens with zero attached hydrogens (tertiary/aromatic N) is 2. The van der Waals surface area contributed by atoms with Crippen molar-refractivity contribution in [3.8, 4) is 11.5 Å². The fourth-order valence-electron chi connectivity index (χ4n) is 4.76. The highest BCUT2D eigenvalue weighted by Gasteiger charge is 2.48. The topological polar surface area (TPSA) is 81.0 Å². The minimum absolute atomic E-state index is 0.0558. The quantitative estimate of drug-likeness (QED) is 0.222. The number of aromatic nitrogens is 1. The molecule has 3 aromatic carbocycles. The highest BCUT2D eigenvalue weighted by molar-refractivity contribution is 6.52. The van der Waals surface area contributed by atoms with Crippen LogP contribution >= 0.6 is 11.6 Å². The summed E-state index contributed by atoms with van der Waals surface area (Å²) in [7, 11) is 4.79. The zero-order valence-electron chi connectivity index (χ0n) is 19.9. The fourth-order valence-corrected chi connectivity index (χ4v) is 5.00. The Labute approximate surface area is 212 Å². The highest BCUT2D eigenvalue weighted by Crippen LogP contribution is 2.46. The van der Waals surface area contributed by atoms with Crippen LogP contribution in [0.25, 0.3) is 16.7 Å². The number of amides is 1. The van der Waals surface area contributed by atoms with Gasteiger partial charge in [0, 0.05) is 41.5 Å². The van der Waals surface area contributed by atoms with Crippen LogP contribution in [0.5, 0.6) is 11.5 Å². The van der Waals surface area contributed by atoms with Gasteiger partial charge in [0.05, 0.1) is 36.4 Å². The number of aliphatic hydroxyl groups is 1. The third-order valence-corrected chi connectivity index (χ3v) is 6.73. The summed E-state index contributed by atoms with van der Waals surface area (Å²) in [5.74, 6) is -1.33. The van der Waals surface area contributed by atoms with Gasteiger partial charge in [-0.1, -0.05) is 48.0 Å². The number of aliphatic hydroxyl groups excluding tert-OH is 1. The number of ketones is 1. The molecular formula is C28H23ClN2O5. The molecule has 7 nitrogen and oxygen atoms in total. The van der Waals surface area contributed by atoms with Gasteiger partial charge in [-0.15, -0.1) is 0 Å². The summed E-state index contributed by atoms with van der Waals surface area (Å²) in [6.07, 6.45) is 1.88. The van der Waals surface area contributed by atoms with Gasteiger partial charge in [-0.05, 0) is 24.3 Å². The van der Waals surface area contributed by atoms with E-state index in [1.165, 1.54) is 31.3 Å². The van der Waals surface area contributed by atoms with Crippen molar-refractivity contribution < 1.29 is 24.2 Å². The maximum Gasteiger partial charge on any atom is 0.300 e. The number of fused-ring (bicyclic) bond motifs is 1. The van der Waals surface area contributed by atoms with Crippen LogP contribution in [-0.2, 0) is 16.6 Å². The van der Waals surface area contributed by atoms with E-state index in [0.29, 0.717) is 17.0 Å². The normalized spacial score (nSPS) is 17.1. The molecule has 1 unspecified atom stereocenters. The first-order valence-electron chi connectivity index (χ1n) is 11.2. The lowest BCUT2D eigenvalue weighted by Gasteiger charge is -2.25. The molecule has 182 valence electrons. The number of methoxy groups -OCH3 is 2. The van der Waals surface area contributed by atoms with Crippen LogP contribution in [0.2, 0.25) is 5.02 Å². The number of para-hydroxylation sites is 2. The number of anilines is 1. The van der Waals surface area contributed by atoms with E-state index in [-0.39, 0.29) is 27.7 Å². The molecule has 1 N–H and O–H groups in total. The maximum absolute atomic E-state index is 13.5. The lowest BCUT2D eigenvalue weighted by atomic mass is 9.94. The average Bonchev–Trinajstić information content (AvgIpc) is 3.37. The summed E-state index contributed by atoms with van der Waals surface area (Å²) >= 11 is 6.35. The number of aryl methyl sites for hydroxylation is 1. The Kier molecular flexibility index (Phi) is 5.94. The molecule has 0 radical (unpaired) electrons. The summed E-state index contributed by atoms with van der Waals surface area (Å²) in [6, 6.07) is 18.7. The summed E-state index contributed by atoms with van der Waals surface area (Å²) < 4.78 is 12.7. The molecule has 1 aliphatic rings. The van der Waals surface area contributed by atoms with Gasteiger partial charge in [0.25, 0.3) is 11.7 Å². The third-order valence-electron chi connectivity index (χ3n) is 6.43. The molecule has 1 amide bonds. The average molecular weight is 503 g/mol. The molecule has 1 atom stereocenters. The summed E-state index contributed by atoms with van der Waals surface area (Å²) in [5, 5.41) is 12.7. The first kappa shape index (κ1) is 23.5. The zero-order valence-corrected chi connectivity index (χ0v) is 20.6. The van der Waals surface area contributed by atoms with E-state index in [2.05, 4.69) is 0 Å². The standard InChI is InChI=1S/C28H23ClN2O5/c1-30-15-19(17-11-7-8-12-21(17)30)25-24(27(33)28(34)31(25)16-9-5-4-6-10-16)26(32)18-13-20(29)23(36-3)14-22(18)35-2/h4-15,25,32H,1-3H3/b26-24+. The molecule has 1 saturated heterocycles. The van der Waals surface area contributed by atoms with E-state index in [1.807, 2.05) is 48.1 Å². The third kappa shape index (κ3) is 3.60. The number of halogens is 1. The Hall–Kier alpha value is -4.23. The van der Waals surface area contributed by atoms with Crippen LogP contribution in [0.15, 0.2) is 78.5 Å². The van der Waals surface area contributed by atoms with E-state index in [0.717, 1.165) is 10.9 Å². The molecule has 8 heteroatoms. The number of ether oxygens (including phenoxy) is 2. The number of Topliss-reactive ketones (excluding diaryl/α,β-unsaturated/α-hetero) is 1. The van der Waals surface area contributed by atoms with Crippen molar-refractivity contribution in [3.63, 3.8) is 0 Å². The second-order valence-corrected chi connectivity index (χ2v) is 8.81. The number of hydrogen-bond acceptors (Lipinski definition) is 5. The van der Waals surface area contributed by atoms with E-state index in [1.54, 1.807) is 24.3 Å². The van der Waals surface area contributed by atoms with Crippen molar-refractivity contribution in [3.05, 3.63) is 94.6 Å². The predicted molar refractivity (Wildman–Crippen MR) is 139 cm³/mol.